The van der Waals surface area contributed by atoms with Crippen molar-refractivity contribution < 1.29 is 4.74 Å². The summed E-state index contributed by atoms with van der Waals surface area (Å²) < 4.78 is 6.59. The van der Waals surface area contributed by atoms with Gasteiger partial charge in [-0.3, -0.25) is 4.98 Å². The van der Waals surface area contributed by atoms with E-state index in [1.807, 2.05) is 6.20 Å². The first-order chi connectivity index (χ1) is 8.83. The Balaban J connectivity index is 1.72. The summed E-state index contributed by atoms with van der Waals surface area (Å²) in [6.07, 6.45) is 1.97. The zero-order valence-electron chi connectivity index (χ0n) is 10.4. The van der Waals surface area contributed by atoms with Crippen molar-refractivity contribution in [3.8, 4) is 0 Å². The Morgan fingerprint density at radius 1 is 1.44 bits per heavy atom. The quantitative estimate of drug-likeness (QED) is 0.921. The van der Waals surface area contributed by atoms with Gasteiger partial charge in [-0.2, -0.15) is 0 Å². The predicted octanol–water partition coefficient (Wildman–Crippen LogP) is 2.19. The Morgan fingerprint density at radius 3 is 3.11 bits per heavy atom. The molecule has 0 spiro atoms. The van der Waals surface area contributed by atoms with Crippen molar-refractivity contribution in [2.45, 2.75) is 13.0 Å². The zero-order valence-corrected chi connectivity index (χ0v) is 11.2. The van der Waals surface area contributed by atoms with Gasteiger partial charge >= 0.3 is 0 Å². The van der Waals surface area contributed by atoms with E-state index < -0.39 is 0 Å². The van der Waals surface area contributed by atoms with Crippen LogP contribution in [0.25, 0.3) is 10.2 Å². The highest BCUT2D eigenvalue weighted by atomic mass is 32.1. The maximum atomic E-state index is 5.34. The van der Waals surface area contributed by atoms with Gasteiger partial charge in [-0.15, -0.1) is 11.3 Å². The molecule has 0 aromatic carbocycles. The Labute approximate surface area is 111 Å². The van der Waals surface area contributed by atoms with Crippen LogP contribution in [0.15, 0.2) is 23.7 Å². The number of fused-ring (bicyclic) bond motifs is 1. The molecule has 96 valence electrons. The predicted molar refractivity (Wildman–Crippen MR) is 73.6 cm³/mol. The van der Waals surface area contributed by atoms with E-state index in [-0.39, 0.29) is 6.04 Å². The fourth-order valence-electron chi connectivity index (χ4n) is 2.14. The van der Waals surface area contributed by atoms with Crippen molar-refractivity contribution in [2.75, 3.05) is 26.3 Å². The van der Waals surface area contributed by atoms with Crippen LogP contribution in [0.5, 0.6) is 0 Å². The fraction of sp³-hybridized carbons (Fsp3) is 0.462. The van der Waals surface area contributed by atoms with Gasteiger partial charge in [0.25, 0.3) is 0 Å². The smallest absolute Gasteiger partial charge is 0.0809 e. The molecule has 4 nitrogen and oxygen atoms in total. The van der Waals surface area contributed by atoms with Crippen molar-refractivity contribution in [3.05, 3.63) is 29.3 Å². The molecular formula is C13H17N3OS. The molecule has 18 heavy (non-hydrogen) atoms. The zero-order chi connectivity index (χ0) is 12.4. The lowest BCUT2D eigenvalue weighted by Crippen LogP contribution is -2.46. The number of hydrazine groups is 1. The van der Waals surface area contributed by atoms with Gasteiger partial charge < -0.3 is 4.74 Å². The summed E-state index contributed by atoms with van der Waals surface area (Å²) >= 11 is 1.74. The molecule has 0 aliphatic carbocycles. The van der Waals surface area contributed by atoms with Gasteiger partial charge in [-0.25, -0.2) is 10.4 Å². The molecule has 1 aliphatic heterocycles. The van der Waals surface area contributed by atoms with Crippen molar-refractivity contribution in [2.24, 2.45) is 0 Å². The number of morpholine rings is 1. The Kier molecular flexibility index (Phi) is 3.56. The lowest BCUT2D eigenvalue weighted by molar-refractivity contribution is 0.00483. The Morgan fingerprint density at radius 2 is 2.28 bits per heavy atom. The van der Waals surface area contributed by atoms with Gasteiger partial charge in [0.2, 0.25) is 0 Å². The minimum atomic E-state index is 0.280. The van der Waals surface area contributed by atoms with Gasteiger partial charge in [-0.05, 0) is 30.0 Å². The largest absolute Gasteiger partial charge is 0.379 e. The number of nitrogens with zero attached hydrogens (tertiary/aromatic N) is 2. The molecule has 0 bridgehead atoms. The van der Waals surface area contributed by atoms with Crippen LogP contribution < -0.4 is 5.43 Å². The molecule has 1 N–H and O–H groups in total. The second-order valence-electron chi connectivity index (χ2n) is 4.52. The van der Waals surface area contributed by atoms with E-state index in [4.69, 9.17) is 4.74 Å². The van der Waals surface area contributed by atoms with E-state index in [1.54, 1.807) is 11.3 Å². The third kappa shape index (κ3) is 2.54. The number of ether oxygens (including phenoxy) is 1. The third-order valence-corrected chi connectivity index (χ3v) is 4.06. The fourth-order valence-corrected chi connectivity index (χ4v) is 2.93. The minimum absolute atomic E-state index is 0.280. The van der Waals surface area contributed by atoms with Gasteiger partial charge in [-0.1, -0.05) is 0 Å². The summed E-state index contributed by atoms with van der Waals surface area (Å²) in [6.45, 7) is 5.67. The lowest BCUT2D eigenvalue weighted by Gasteiger charge is -2.30. The van der Waals surface area contributed by atoms with Crippen LogP contribution in [-0.4, -0.2) is 36.3 Å². The topological polar surface area (TPSA) is 37.4 Å². The van der Waals surface area contributed by atoms with Gasteiger partial charge in [0.1, 0.15) is 0 Å². The molecule has 1 fully saturated rings. The third-order valence-electron chi connectivity index (χ3n) is 3.21. The van der Waals surface area contributed by atoms with Crippen LogP contribution in [0.1, 0.15) is 18.5 Å². The van der Waals surface area contributed by atoms with Crippen molar-refractivity contribution >= 4 is 21.6 Å². The molecule has 1 saturated heterocycles. The van der Waals surface area contributed by atoms with Crippen LogP contribution in [0.3, 0.4) is 0 Å². The van der Waals surface area contributed by atoms with Crippen LogP contribution in [-0.2, 0) is 4.74 Å². The van der Waals surface area contributed by atoms with E-state index in [2.05, 4.69) is 39.9 Å². The SMILES string of the molecule is CC(NN1CCOCC1)c1cnc2ccsc2c1. The average molecular weight is 263 g/mol. The molecule has 0 radical (unpaired) electrons. The summed E-state index contributed by atoms with van der Waals surface area (Å²) in [7, 11) is 0. The molecule has 3 rings (SSSR count). The molecule has 0 saturated carbocycles. The van der Waals surface area contributed by atoms with Gasteiger partial charge in [0.05, 0.1) is 23.4 Å². The second kappa shape index (κ2) is 5.32. The molecule has 0 amide bonds. The van der Waals surface area contributed by atoms with Crippen molar-refractivity contribution in [1.29, 1.82) is 0 Å². The highest BCUT2D eigenvalue weighted by molar-refractivity contribution is 7.17. The van der Waals surface area contributed by atoms with E-state index in [9.17, 15) is 0 Å². The van der Waals surface area contributed by atoms with Crippen LogP contribution in [0.2, 0.25) is 0 Å². The Hall–Kier alpha value is -1.01. The second-order valence-corrected chi connectivity index (χ2v) is 5.47. The molecular weight excluding hydrogens is 246 g/mol. The van der Waals surface area contributed by atoms with Crippen LogP contribution in [0, 0.1) is 0 Å². The summed E-state index contributed by atoms with van der Waals surface area (Å²) in [5.74, 6) is 0. The van der Waals surface area contributed by atoms with Crippen molar-refractivity contribution in [3.63, 3.8) is 0 Å². The highest BCUT2D eigenvalue weighted by Gasteiger charge is 2.14. The minimum Gasteiger partial charge on any atom is -0.379 e. The van der Waals surface area contributed by atoms with Crippen molar-refractivity contribution in [1.82, 2.24) is 15.4 Å². The number of thiophene rings is 1. The number of nitrogens with one attached hydrogen (secondary N) is 1. The summed E-state index contributed by atoms with van der Waals surface area (Å²) in [5.41, 5.74) is 5.83. The number of pyridine rings is 1. The first kappa shape index (κ1) is 12.0. The molecule has 2 aromatic rings. The standard InChI is InChI=1S/C13H17N3OS/c1-10(15-16-3-5-17-6-4-16)11-8-13-12(14-9-11)2-7-18-13/h2,7-10,15H,3-6H2,1H3. The first-order valence-corrected chi connectivity index (χ1v) is 7.13. The summed E-state index contributed by atoms with van der Waals surface area (Å²) in [5, 5.41) is 4.31. The number of aromatic nitrogens is 1. The molecule has 2 aromatic heterocycles. The lowest BCUT2D eigenvalue weighted by atomic mass is 10.1. The first-order valence-electron chi connectivity index (χ1n) is 6.25. The number of hydrogen-bond donors (Lipinski definition) is 1. The molecule has 1 atom stereocenters. The molecule has 3 heterocycles. The van der Waals surface area contributed by atoms with Gasteiger partial charge in [0.15, 0.2) is 0 Å². The highest BCUT2D eigenvalue weighted by Crippen LogP contribution is 2.22. The van der Waals surface area contributed by atoms with E-state index in [1.165, 1.54) is 10.3 Å². The number of hydrogen-bond acceptors (Lipinski definition) is 5. The van der Waals surface area contributed by atoms with Crippen LogP contribution in [0.4, 0.5) is 0 Å². The Bertz CT molecular complexity index is 522. The molecule has 1 aliphatic rings. The molecule has 5 heteroatoms. The monoisotopic (exact) mass is 263 g/mol. The molecule has 1 unspecified atom stereocenters. The summed E-state index contributed by atoms with van der Waals surface area (Å²) in [4.78, 5) is 4.48. The van der Waals surface area contributed by atoms with E-state index >= 15 is 0 Å². The maximum Gasteiger partial charge on any atom is 0.0809 e. The maximum absolute atomic E-state index is 5.34. The summed E-state index contributed by atoms with van der Waals surface area (Å²) in [6, 6.07) is 4.57. The average Bonchev–Trinajstić information content (AvgIpc) is 2.87. The van der Waals surface area contributed by atoms with E-state index in [0.29, 0.717) is 0 Å². The van der Waals surface area contributed by atoms with E-state index in [0.717, 1.165) is 31.8 Å². The van der Waals surface area contributed by atoms with Crippen LogP contribution >= 0.6 is 11.3 Å². The normalized spacial score (nSPS) is 19.2. The number of rotatable bonds is 3. The van der Waals surface area contributed by atoms with Gasteiger partial charge in [0, 0.05) is 25.3 Å².